The van der Waals surface area contributed by atoms with E-state index in [1.807, 2.05) is 18.1 Å². The lowest BCUT2D eigenvalue weighted by Gasteiger charge is -2.28. The van der Waals surface area contributed by atoms with E-state index in [1.54, 1.807) is 0 Å². The second-order valence-corrected chi connectivity index (χ2v) is 5.75. The number of carbonyl (C=O) groups excluding carboxylic acids is 1. The van der Waals surface area contributed by atoms with Crippen LogP contribution in [-0.4, -0.2) is 37.0 Å². The molecular formula is C16H21N3O. The Morgan fingerprint density at radius 2 is 2.15 bits per heavy atom. The Hall–Kier alpha value is -1.81. The van der Waals surface area contributed by atoms with E-state index in [4.69, 9.17) is 0 Å². The summed E-state index contributed by atoms with van der Waals surface area (Å²) >= 11 is 0. The van der Waals surface area contributed by atoms with E-state index in [9.17, 15) is 4.79 Å². The molecule has 4 heteroatoms. The maximum Gasteiger partial charge on any atom is 0.266 e. The third-order valence-electron chi connectivity index (χ3n) is 4.06. The van der Waals surface area contributed by atoms with Crippen molar-refractivity contribution >= 4 is 11.6 Å². The van der Waals surface area contributed by atoms with Crippen LogP contribution < -0.4 is 10.4 Å². The molecule has 0 spiro atoms. The topological polar surface area (TPSA) is 35.6 Å². The number of nitrogens with zero attached hydrogens (tertiary/aromatic N) is 2. The van der Waals surface area contributed by atoms with Gasteiger partial charge in [-0.3, -0.25) is 15.2 Å². The second kappa shape index (κ2) is 5.29. The number of fused-ring (bicyclic) bond motifs is 1. The number of hydrazine groups is 1. The van der Waals surface area contributed by atoms with Gasteiger partial charge < -0.3 is 4.90 Å². The Kier molecular flexibility index (Phi) is 3.49. The molecule has 2 heterocycles. The van der Waals surface area contributed by atoms with E-state index < -0.39 is 0 Å². The number of carbonyl (C=O) groups is 1. The molecule has 106 valence electrons. The smallest absolute Gasteiger partial charge is 0.266 e. The molecule has 4 nitrogen and oxygen atoms in total. The summed E-state index contributed by atoms with van der Waals surface area (Å²) < 4.78 is 0. The fourth-order valence-corrected chi connectivity index (χ4v) is 2.98. The first-order valence-corrected chi connectivity index (χ1v) is 7.21. The van der Waals surface area contributed by atoms with Crippen LogP contribution in [-0.2, 0) is 11.2 Å². The summed E-state index contributed by atoms with van der Waals surface area (Å²) in [6.45, 7) is 3.90. The van der Waals surface area contributed by atoms with Gasteiger partial charge in [-0.2, -0.15) is 0 Å². The summed E-state index contributed by atoms with van der Waals surface area (Å²) in [5.41, 5.74) is 6.37. The van der Waals surface area contributed by atoms with Crippen LogP contribution in [0.1, 0.15) is 18.9 Å². The number of benzene rings is 1. The van der Waals surface area contributed by atoms with Gasteiger partial charge in [-0.05, 0) is 38.4 Å². The van der Waals surface area contributed by atoms with Crippen LogP contribution in [0.25, 0.3) is 0 Å². The molecule has 1 aromatic rings. The van der Waals surface area contributed by atoms with Crippen molar-refractivity contribution < 1.29 is 4.79 Å². The molecule has 2 aliphatic heterocycles. The number of para-hydroxylation sites is 1. The van der Waals surface area contributed by atoms with Gasteiger partial charge in [-0.1, -0.05) is 24.3 Å². The van der Waals surface area contributed by atoms with Gasteiger partial charge in [-0.15, -0.1) is 0 Å². The molecule has 1 amide bonds. The van der Waals surface area contributed by atoms with Gasteiger partial charge in [0.25, 0.3) is 5.91 Å². The number of amides is 1. The molecule has 2 aliphatic rings. The van der Waals surface area contributed by atoms with Crippen LogP contribution in [0.2, 0.25) is 0 Å². The molecule has 1 unspecified atom stereocenters. The van der Waals surface area contributed by atoms with Crippen LogP contribution in [0.3, 0.4) is 0 Å². The van der Waals surface area contributed by atoms with E-state index >= 15 is 0 Å². The third kappa shape index (κ3) is 2.43. The molecule has 1 N–H and O–H groups in total. The minimum atomic E-state index is 0.0279. The molecule has 3 rings (SSSR count). The quantitative estimate of drug-likeness (QED) is 0.890. The molecule has 0 aromatic heterocycles. The molecule has 0 saturated heterocycles. The highest BCUT2D eigenvalue weighted by atomic mass is 16.2. The van der Waals surface area contributed by atoms with Crippen molar-refractivity contribution in [2.24, 2.45) is 0 Å². The number of rotatable bonds is 2. The normalized spacial score (nSPS) is 22.4. The van der Waals surface area contributed by atoms with Gasteiger partial charge in [0.15, 0.2) is 0 Å². The first kappa shape index (κ1) is 13.2. The maximum atomic E-state index is 12.4. The first-order valence-electron chi connectivity index (χ1n) is 7.21. The van der Waals surface area contributed by atoms with Gasteiger partial charge in [0.05, 0.1) is 11.7 Å². The average molecular weight is 271 g/mol. The lowest BCUT2D eigenvalue weighted by Crippen LogP contribution is -2.47. The predicted molar refractivity (Wildman–Crippen MR) is 80.4 cm³/mol. The highest BCUT2D eigenvalue weighted by Crippen LogP contribution is 2.30. The van der Waals surface area contributed by atoms with Crippen molar-refractivity contribution in [1.29, 1.82) is 0 Å². The molecule has 1 aromatic carbocycles. The van der Waals surface area contributed by atoms with Gasteiger partial charge in [0.1, 0.15) is 0 Å². The average Bonchev–Trinajstić information content (AvgIpc) is 2.75. The second-order valence-electron chi connectivity index (χ2n) is 5.75. The van der Waals surface area contributed by atoms with Crippen molar-refractivity contribution in [1.82, 2.24) is 10.3 Å². The van der Waals surface area contributed by atoms with E-state index in [0.717, 1.165) is 37.2 Å². The minimum absolute atomic E-state index is 0.0279. The minimum Gasteiger partial charge on any atom is -0.302 e. The summed E-state index contributed by atoms with van der Waals surface area (Å²) in [6, 6.07) is 8.57. The highest BCUT2D eigenvalue weighted by molar-refractivity contribution is 5.95. The molecule has 0 radical (unpaired) electrons. The van der Waals surface area contributed by atoms with Crippen LogP contribution in [0.15, 0.2) is 35.9 Å². The Bertz CT molecular complexity index is 552. The number of nitrogens with one attached hydrogen (secondary N) is 1. The van der Waals surface area contributed by atoms with Gasteiger partial charge >= 0.3 is 0 Å². The largest absolute Gasteiger partial charge is 0.302 e. The highest BCUT2D eigenvalue weighted by Gasteiger charge is 2.28. The van der Waals surface area contributed by atoms with E-state index in [1.165, 1.54) is 5.56 Å². The van der Waals surface area contributed by atoms with Crippen LogP contribution in [0, 0.1) is 0 Å². The molecule has 0 aliphatic carbocycles. The third-order valence-corrected chi connectivity index (χ3v) is 4.06. The van der Waals surface area contributed by atoms with Crippen molar-refractivity contribution in [2.75, 3.05) is 25.1 Å². The summed E-state index contributed by atoms with van der Waals surface area (Å²) in [5, 5.41) is 2.01. The van der Waals surface area contributed by atoms with Crippen LogP contribution in [0.5, 0.6) is 0 Å². The Morgan fingerprint density at radius 3 is 2.95 bits per heavy atom. The Labute approximate surface area is 120 Å². The SMILES string of the molecule is CC1Cc2ccccc2N1NC(=O)C1=CCCN(C)C1. The van der Waals surface area contributed by atoms with Crippen molar-refractivity contribution in [3.05, 3.63) is 41.5 Å². The van der Waals surface area contributed by atoms with Gasteiger partial charge in [0.2, 0.25) is 0 Å². The predicted octanol–water partition coefficient (Wildman–Crippen LogP) is 1.73. The van der Waals surface area contributed by atoms with Gasteiger partial charge in [-0.25, -0.2) is 0 Å². The molecule has 20 heavy (non-hydrogen) atoms. The fraction of sp³-hybridized carbons (Fsp3) is 0.438. The van der Waals surface area contributed by atoms with Gasteiger partial charge in [0, 0.05) is 18.7 Å². The maximum absolute atomic E-state index is 12.4. The zero-order valence-electron chi connectivity index (χ0n) is 12.1. The summed E-state index contributed by atoms with van der Waals surface area (Å²) in [5.74, 6) is 0.0279. The molecule has 1 atom stereocenters. The lowest BCUT2D eigenvalue weighted by atomic mass is 10.1. The van der Waals surface area contributed by atoms with E-state index in [0.29, 0.717) is 6.04 Å². The molecule has 0 fully saturated rings. The zero-order valence-corrected chi connectivity index (χ0v) is 12.1. The monoisotopic (exact) mass is 271 g/mol. The van der Waals surface area contributed by atoms with Crippen molar-refractivity contribution in [3.63, 3.8) is 0 Å². The zero-order chi connectivity index (χ0) is 14.1. The van der Waals surface area contributed by atoms with E-state index in [2.05, 4.69) is 41.5 Å². The number of hydrogen-bond donors (Lipinski definition) is 1. The number of hydrogen-bond acceptors (Lipinski definition) is 3. The fourth-order valence-electron chi connectivity index (χ4n) is 2.98. The first-order chi connectivity index (χ1) is 9.65. The Balaban J connectivity index is 1.75. The van der Waals surface area contributed by atoms with Crippen molar-refractivity contribution in [3.8, 4) is 0 Å². The number of anilines is 1. The summed E-state index contributed by atoms with van der Waals surface area (Å²) in [4.78, 5) is 14.6. The van der Waals surface area contributed by atoms with E-state index in [-0.39, 0.29) is 5.91 Å². The Morgan fingerprint density at radius 1 is 1.35 bits per heavy atom. The molecule has 0 saturated carbocycles. The summed E-state index contributed by atoms with van der Waals surface area (Å²) in [6.07, 6.45) is 3.99. The van der Waals surface area contributed by atoms with Crippen molar-refractivity contribution in [2.45, 2.75) is 25.8 Å². The standard InChI is InChI=1S/C16H21N3O/c1-12-10-13-6-3-4-8-15(13)19(12)17-16(20)14-7-5-9-18(2)11-14/h3-4,6-8,12H,5,9-11H2,1-2H3,(H,17,20). The summed E-state index contributed by atoms with van der Waals surface area (Å²) in [7, 11) is 2.05. The molecule has 0 bridgehead atoms. The lowest BCUT2D eigenvalue weighted by molar-refractivity contribution is -0.118. The van der Waals surface area contributed by atoms with Crippen LogP contribution >= 0.6 is 0 Å². The van der Waals surface area contributed by atoms with Crippen LogP contribution in [0.4, 0.5) is 5.69 Å². The number of likely N-dealkylation sites (N-methyl/N-ethyl adjacent to an activating group) is 1. The molecular weight excluding hydrogens is 250 g/mol.